The number of rotatable bonds is 2. The van der Waals surface area contributed by atoms with E-state index in [-0.39, 0.29) is 21.3 Å². The molecule has 0 fully saturated rings. The van der Waals surface area contributed by atoms with Crippen molar-refractivity contribution >= 4 is 60.7 Å². The highest BCUT2D eigenvalue weighted by Crippen LogP contribution is 2.41. The van der Waals surface area contributed by atoms with Gasteiger partial charge in [-0.25, -0.2) is 0 Å². The van der Waals surface area contributed by atoms with E-state index in [4.69, 9.17) is 39.0 Å². The summed E-state index contributed by atoms with van der Waals surface area (Å²) in [5.74, 6) is 0. The van der Waals surface area contributed by atoms with Crippen LogP contribution in [0.5, 0.6) is 0 Å². The zero-order valence-electron chi connectivity index (χ0n) is 8.93. The van der Waals surface area contributed by atoms with Crippen molar-refractivity contribution in [1.82, 2.24) is 0 Å². The zero-order chi connectivity index (χ0) is 14.6. The van der Waals surface area contributed by atoms with Crippen LogP contribution < -0.4 is 5.32 Å². The molecule has 0 radical (unpaired) electrons. The van der Waals surface area contributed by atoms with E-state index in [0.717, 1.165) is 0 Å². The predicted molar refractivity (Wildman–Crippen MR) is 79.3 cm³/mol. The van der Waals surface area contributed by atoms with E-state index in [1.54, 1.807) is 24.3 Å². The van der Waals surface area contributed by atoms with Crippen LogP contribution in [0.15, 0.2) is 26.3 Å². The molecule has 4 nitrogen and oxygen atoms in total. The topological polar surface area (TPSA) is 83.4 Å². The summed E-state index contributed by atoms with van der Waals surface area (Å²) in [6, 6.07) is 6.60. The van der Waals surface area contributed by atoms with Gasteiger partial charge in [-0.1, -0.05) is 23.2 Å². The van der Waals surface area contributed by atoms with Crippen molar-refractivity contribution < 1.29 is 0 Å². The lowest BCUT2D eigenvalue weighted by Crippen LogP contribution is -2.02. The number of nitriles is 3. The summed E-state index contributed by atoms with van der Waals surface area (Å²) in [6.07, 6.45) is 0. The Hall–Kier alpha value is -1.23. The van der Waals surface area contributed by atoms with Crippen LogP contribution in [0.25, 0.3) is 0 Å². The SMILES string of the molecule is N#CC(C#N)=C(C#N)Nc1c(Br)cc(Br)c(Cl)c1Cl. The van der Waals surface area contributed by atoms with E-state index in [1.807, 2.05) is 0 Å². The highest BCUT2D eigenvalue weighted by Gasteiger charge is 2.16. The fourth-order valence-corrected chi connectivity index (χ4v) is 2.98. The van der Waals surface area contributed by atoms with E-state index in [0.29, 0.717) is 14.6 Å². The van der Waals surface area contributed by atoms with Gasteiger partial charge in [-0.3, -0.25) is 0 Å². The lowest BCUT2D eigenvalue weighted by molar-refractivity contribution is 1.36. The summed E-state index contributed by atoms with van der Waals surface area (Å²) in [6.45, 7) is 0. The van der Waals surface area contributed by atoms with Crippen molar-refractivity contribution in [2.24, 2.45) is 0 Å². The first kappa shape index (κ1) is 15.8. The first-order valence-corrected chi connectivity index (χ1v) is 6.85. The maximum Gasteiger partial charge on any atom is 0.163 e. The second kappa shape index (κ2) is 6.80. The van der Waals surface area contributed by atoms with Gasteiger partial charge in [-0.2, -0.15) is 15.8 Å². The lowest BCUT2D eigenvalue weighted by Gasteiger charge is -2.11. The van der Waals surface area contributed by atoms with Crippen molar-refractivity contribution in [3.05, 3.63) is 36.3 Å². The minimum Gasteiger partial charge on any atom is -0.343 e. The number of hydrogen-bond acceptors (Lipinski definition) is 4. The Labute approximate surface area is 136 Å². The van der Waals surface area contributed by atoms with Gasteiger partial charge in [-0.15, -0.1) is 0 Å². The average Bonchev–Trinajstić information content (AvgIpc) is 2.40. The van der Waals surface area contributed by atoms with Gasteiger partial charge in [0.2, 0.25) is 0 Å². The van der Waals surface area contributed by atoms with Crippen LogP contribution in [0, 0.1) is 34.0 Å². The summed E-state index contributed by atoms with van der Waals surface area (Å²) in [5.41, 5.74) is -0.245. The van der Waals surface area contributed by atoms with E-state index < -0.39 is 0 Å². The molecule has 1 aromatic rings. The van der Waals surface area contributed by atoms with E-state index in [2.05, 4.69) is 37.2 Å². The number of halogens is 4. The fraction of sp³-hybridized carbons (Fsp3) is 0. The Bertz CT molecular complexity index is 677. The molecule has 0 spiro atoms. The van der Waals surface area contributed by atoms with Gasteiger partial charge in [0, 0.05) is 8.95 Å². The molecule has 0 saturated heterocycles. The quantitative estimate of drug-likeness (QED) is 0.425. The smallest absolute Gasteiger partial charge is 0.163 e. The largest absolute Gasteiger partial charge is 0.343 e. The summed E-state index contributed by atoms with van der Waals surface area (Å²) in [5, 5.41) is 29.5. The molecular formula is C11H2Br2Cl2N4. The molecule has 8 heteroatoms. The first-order chi connectivity index (χ1) is 8.96. The van der Waals surface area contributed by atoms with Crippen molar-refractivity contribution in [3.63, 3.8) is 0 Å². The van der Waals surface area contributed by atoms with Crippen molar-refractivity contribution in [1.29, 1.82) is 15.8 Å². The highest BCUT2D eigenvalue weighted by atomic mass is 79.9. The van der Waals surface area contributed by atoms with Gasteiger partial charge in [0.25, 0.3) is 0 Å². The minimum absolute atomic E-state index is 0.158. The van der Waals surface area contributed by atoms with Crippen LogP contribution in [0.4, 0.5) is 5.69 Å². The van der Waals surface area contributed by atoms with E-state index >= 15 is 0 Å². The number of hydrogen-bond donors (Lipinski definition) is 1. The number of anilines is 1. The Balaban J connectivity index is 3.41. The molecule has 1 aromatic carbocycles. The molecule has 0 unspecified atom stereocenters. The van der Waals surface area contributed by atoms with Crippen molar-refractivity contribution in [2.45, 2.75) is 0 Å². The average molecular weight is 421 g/mol. The van der Waals surface area contributed by atoms with Crippen LogP contribution in [0.2, 0.25) is 10.0 Å². The second-order valence-corrected chi connectivity index (χ2v) is 5.52. The third kappa shape index (κ3) is 3.41. The Morgan fingerprint density at radius 2 is 1.58 bits per heavy atom. The molecule has 0 atom stereocenters. The van der Waals surface area contributed by atoms with Gasteiger partial charge in [0.1, 0.15) is 23.9 Å². The molecule has 1 rings (SSSR count). The minimum atomic E-state index is -0.343. The molecule has 0 heterocycles. The zero-order valence-corrected chi connectivity index (χ0v) is 13.6. The molecule has 0 bridgehead atoms. The van der Waals surface area contributed by atoms with Gasteiger partial charge < -0.3 is 5.32 Å². The van der Waals surface area contributed by atoms with Crippen LogP contribution in [0.1, 0.15) is 0 Å². The molecule has 1 N–H and O–H groups in total. The third-order valence-electron chi connectivity index (χ3n) is 1.95. The second-order valence-electron chi connectivity index (χ2n) is 3.05. The number of nitrogens with zero attached hydrogens (tertiary/aromatic N) is 3. The van der Waals surface area contributed by atoms with Crippen LogP contribution >= 0.6 is 55.1 Å². The molecule has 94 valence electrons. The van der Waals surface area contributed by atoms with Crippen molar-refractivity contribution in [2.75, 3.05) is 5.32 Å². The Kier molecular flexibility index (Phi) is 5.66. The maximum atomic E-state index is 8.95. The number of benzene rings is 1. The lowest BCUT2D eigenvalue weighted by atomic mass is 10.2. The van der Waals surface area contributed by atoms with Crippen LogP contribution in [-0.2, 0) is 0 Å². The molecule has 0 aliphatic rings. The van der Waals surface area contributed by atoms with Gasteiger partial charge in [0.05, 0.1) is 15.7 Å². The van der Waals surface area contributed by atoms with Crippen molar-refractivity contribution in [3.8, 4) is 18.2 Å². The molecular weight excluding hydrogens is 419 g/mol. The molecule has 19 heavy (non-hydrogen) atoms. The predicted octanol–water partition coefficient (Wildman–Crippen LogP) is 4.76. The van der Waals surface area contributed by atoms with E-state index in [1.165, 1.54) is 0 Å². The molecule has 0 saturated carbocycles. The molecule has 0 aromatic heterocycles. The third-order valence-corrected chi connectivity index (χ3v) is 4.30. The van der Waals surface area contributed by atoms with Crippen LogP contribution in [-0.4, -0.2) is 0 Å². The number of allylic oxidation sites excluding steroid dienone is 2. The normalized spacial score (nSPS) is 8.89. The fourth-order valence-electron chi connectivity index (χ4n) is 1.09. The standard InChI is InChI=1S/C11H2Br2Cl2N4/c12-6-1-7(13)11(10(15)9(6)14)19-8(4-18)5(2-16)3-17/h1,19H. The molecule has 0 aliphatic carbocycles. The Morgan fingerprint density at radius 1 is 1.00 bits per heavy atom. The Morgan fingerprint density at radius 3 is 2.05 bits per heavy atom. The number of nitrogens with one attached hydrogen (secondary N) is 1. The summed E-state index contributed by atoms with van der Waals surface area (Å²) in [7, 11) is 0. The van der Waals surface area contributed by atoms with Crippen LogP contribution in [0.3, 0.4) is 0 Å². The maximum absolute atomic E-state index is 8.95. The monoisotopic (exact) mass is 418 g/mol. The summed E-state index contributed by atoms with van der Waals surface area (Å²) < 4.78 is 1.09. The molecule has 0 amide bonds. The summed E-state index contributed by atoms with van der Waals surface area (Å²) in [4.78, 5) is 0. The highest BCUT2D eigenvalue weighted by molar-refractivity contribution is 9.11. The summed E-state index contributed by atoms with van der Waals surface area (Å²) >= 11 is 18.5. The van der Waals surface area contributed by atoms with E-state index in [9.17, 15) is 0 Å². The van der Waals surface area contributed by atoms with Gasteiger partial charge >= 0.3 is 0 Å². The van der Waals surface area contributed by atoms with Gasteiger partial charge in [-0.05, 0) is 37.9 Å². The van der Waals surface area contributed by atoms with Gasteiger partial charge in [0.15, 0.2) is 5.57 Å². The molecule has 0 aliphatic heterocycles. The first-order valence-electron chi connectivity index (χ1n) is 4.50.